The number of hydrogen-bond donors (Lipinski definition) is 2. The van der Waals surface area contributed by atoms with Crippen LogP contribution in [0.25, 0.3) is 4.96 Å². The summed E-state index contributed by atoms with van der Waals surface area (Å²) in [6, 6.07) is 0. The van der Waals surface area contributed by atoms with Gasteiger partial charge in [-0.3, -0.25) is 4.40 Å². The molecule has 19 heavy (non-hydrogen) atoms. The standard InChI is InChI=1S/C13H22N4OS/c1-3-14-10-11-12(16(4-2)6-5-8-18)15-13-17(11)7-9-19-13/h7,9,14,18H,3-6,8,10H2,1-2H3. The third-order valence-electron chi connectivity index (χ3n) is 3.15. The predicted molar refractivity (Wildman–Crippen MR) is 80.0 cm³/mol. The summed E-state index contributed by atoms with van der Waals surface area (Å²) in [6.45, 7) is 7.97. The maximum absolute atomic E-state index is 9.01. The second-order valence-corrected chi connectivity index (χ2v) is 5.25. The molecule has 0 unspecified atom stereocenters. The van der Waals surface area contributed by atoms with Crippen molar-refractivity contribution in [1.82, 2.24) is 14.7 Å². The van der Waals surface area contributed by atoms with Gasteiger partial charge in [-0.1, -0.05) is 6.92 Å². The van der Waals surface area contributed by atoms with Crippen molar-refractivity contribution in [3.63, 3.8) is 0 Å². The molecule has 0 fully saturated rings. The van der Waals surface area contributed by atoms with Crippen LogP contribution in [-0.4, -0.2) is 40.7 Å². The van der Waals surface area contributed by atoms with E-state index in [1.807, 2.05) is 0 Å². The summed E-state index contributed by atoms with van der Waals surface area (Å²) in [7, 11) is 0. The van der Waals surface area contributed by atoms with Crippen LogP contribution in [0.5, 0.6) is 0 Å². The van der Waals surface area contributed by atoms with Crippen molar-refractivity contribution >= 4 is 22.1 Å². The lowest BCUT2D eigenvalue weighted by Crippen LogP contribution is -2.27. The molecule has 2 aromatic heterocycles. The van der Waals surface area contributed by atoms with Gasteiger partial charge >= 0.3 is 0 Å². The Bertz CT molecular complexity index is 508. The first-order valence-corrected chi connectivity index (χ1v) is 7.70. The van der Waals surface area contributed by atoms with Crippen molar-refractivity contribution < 1.29 is 5.11 Å². The van der Waals surface area contributed by atoms with Gasteiger partial charge in [-0.05, 0) is 19.9 Å². The van der Waals surface area contributed by atoms with E-state index in [4.69, 9.17) is 10.1 Å². The van der Waals surface area contributed by atoms with Gasteiger partial charge in [0.1, 0.15) is 0 Å². The van der Waals surface area contributed by atoms with Crippen molar-refractivity contribution in [3.05, 3.63) is 17.3 Å². The van der Waals surface area contributed by atoms with E-state index in [1.165, 1.54) is 5.69 Å². The second-order valence-electron chi connectivity index (χ2n) is 4.37. The Morgan fingerprint density at radius 1 is 1.47 bits per heavy atom. The van der Waals surface area contributed by atoms with Gasteiger partial charge in [0.25, 0.3) is 0 Å². The lowest BCUT2D eigenvalue weighted by molar-refractivity contribution is 0.289. The minimum absolute atomic E-state index is 0.223. The molecule has 0 saturated heterocycles. The van der Waals surface area contributed by atoms with E-state index in [2.05, 4.69) is 40.0 Å². The third kappa shape index (κ3) is 3.08. The SMILES string of the molecule is CCNCc1c(N(CC)CCCO)nc2sccn12. The van der Waals surface area contributed by atoms with Gasteiger partial charge in [0.2, 0.25) is 0 Å². The predicted octanol–water partition coefficient (Wildman–Crippen LogP) is 1.71. The summed E-state index contributed by atoms with van der Waals surface area (Å²) < 4.78 is 2.16. The molecule has 0 aromatic carbocycles. The summed E-state index contributed by atoms with van der Waals surface area (Å²) in [5, 5.41) is 14.4. The molecule has 106 valence electrons. The molecule has 0 aliphatic rings. The fourth-order valence-corrected chi connectivity index (χ4v) is 2.89. The number of hydrogen-bond acceptors (Lipinski definition) is 5. The van der Waals surface area contributed by atoms with E-state index >= 15 is 0 Å². The Kier molecular flexibility index (Phi) is 5.18. The van der Waals surface area contributed by atoms with Crippen LogP contribution in [0.15, 0.2) is 11.6 Å². The summed E-state index contributed by atoms with van der Waals surface area (Å²) in [6.07, 6.45) is 2.85. The van der Waals surface area contributed by atoms with Gasteiger partial charge in [0.05, 0.1) is 5.69 Å². The van der Waals surface area contributed by atoms with Crippen molar-refractivity contribution in [2.45, 2.75) is 26.8 Å². The minimum Gasteiger partial charge on any atom is -0.396 e. The van der Waals surface area contributed by atoms with Crippen LogP contribution in [0.3, 0.4) is 0 Å². The lowest BCUT2D eigenvalue weighted by atomic mass is 10.3. The monoisotopic (exact) mass is 282 g/mol. The molecule has 2 rings (SSSR count). The average Bonchev–Trinajstić information content (AvgIpc) is 2.99. The van der Waals surface area contributed by atoms with Crippen LogP contribution in [0.1, 0.15) is 26.0 Å². The van der Waals surface area contributed by atoms with E-state index < -0.39 is 0 Å². The zero-order valence-corrected chi connectivity index (χ0v) is 12.4. The maximum Gasteiger partial charge on any atom is 0.195 e. The van der Waals surface area contributed by atoms with Crippen LogP contribution >= 0.6 is 11.3 Å². The zero-order chi connectivity index (χ0) is 13.7. The average molecular weight is 282 g/mol. The van der Waals surface area contributed by atoms with Gasteiger partial charge in [-0.15, -0.1) is 11.3 Å². The van der Waals surface area contributed by atoms with E-state index in [0.29, 0.717) is 0 Å². The number of aliphatic hydroxyl groups is 1. The molecule has 2 aromatic rings. The van der Waals surface area contributed by atoms with Gasteiger partial charge in [-0.25, -0.2) is 4.98 Å². The Hall–Kier alpha value is -1.11. The van der Waals surface area contributed by atoms with E-state index in [9.17, 15) is 0 Å². The fraction of sp³-hybridized carbons (Fsp3) is 0.615. The van der Waals surface area contributed by atoms with E-state index in [0.717, 1.165) is 43.4 Å². The first-order chi connectivity index (χ1) is 9.31. The fourth-order valence-electron chi connectivity index (χ4n) is 2.16. The van der Waals surface area contributed by atoms with Gasteiger partial charge < -0.3 is 15.3 Å². The Morgan fingerprint density at radius 2 is 2.32 bits per heavy atom. The smallest absolute Gasteiger partial charge is 0.195 e. The lowest BCUT2D eigenvalue weighted by Gasteiger charge is -2.21. The summed E-state index contributed by atoms with van der Waals surface area (Å²) in [5.41, 5.74) is 1.21. The number of imidazole rings is 1. The van der Waals surface area contributed by atoms with E-state index in [1.54, 1.807) is 11.3 Å². The molecule has 0 atom stereocenters. The van der Waals surface area contributed by atoms with Crippen LogP contribution in [0, 0.1) is 0 Å². The molecule has 0 radical (unpaired) electrons. The number of aromatic nitrogens is 2. The minimum atomic E-state index is 0.223. The molecule has 0 aliphatic heterocycles. The maximum atomic E-state index is 9.01. The van der Waals surface area contributed by atoms with Crippen molar-refractivity contribution in [3.8, 4) is 0 Å². The van der Waals surface area contributed by atoms with Gasteiger partial charge in [0, 0.05) is 37.8 Å². The molecule has 2 heterocycles. The molecule has 2 N–H and O–H groups in total. The number of nitrogens with zero attached hydrogens (tertiary/aromatic N) is 3. The zero-order valence-electron chi connectivity index (χ0n) is 11.6. The Morgan fingerprint density at radius 3 is 3.00 bits per heavy atom. The van der Waals surface area contributed by atoms with Crippen LogP contribution in [0.4, 0.5) is 5.82 Å². The number of aliphatic hydroxyl groups excluding tert-OH is 1. The van der Waals surface area contributed by atoms with E-state index in [-0.39, 0.29) is 6.61 Å². The Labute approximate surface area is 117 Å². The van der Waals surface area contributed by atoms with Gasteiger partial charge in [0.15, 0.2) is 10.8 Å². The molecule has 0 bridgehead atoms. The highest BCUT2D eigenvalue weighted by Crippen LogP contribution is 2.24. The molecule has 0 saturated carbocycles. The summed E-state index contributed by atoms with van der Waals surface area (Å²) >= 11 is 1.66. The molecule has 0 spiro atoms. The van der Waals surface area contributed by atoms with Crippen molar-refractivity contribution in [1.29, 1.82) is 0 Å². The number of nitrogens with one attached hydrogen (secondary N) is 1. The number of rotatable bonds is 8. The van der Waals surface area contributed by atoms with Crippen LogP contribution < -0.4 is 10.2 Å². The highest BCUT2D eigenvalue weighted by molar-refractivity contribution is 7.15. The molecule has 0 amide bonds. The summed E-state index contributed by atoms with van der Waals surface area (Å²) in [5.74, 6) is 1.05. The van der Waals surface area contributed by atoms with Crippen LogP contribution in [0.2, 0.25) is 0 Å². The number of thiazole rings is 1. The largest absolute Gasteiger partial charge is 0.396 e. The van der Waals surface area contributed by atoms with Crippen molar-refractivity contribution in [2.75, 3.05) is 31.1 Å². The first kappa shape index (κ1) is 14.3. The molecular weight excluding hydrogens is 260 g/mol. The highest BCUT2D eigenvalue weighted by atomic mass is 32.1. The quantitative estimate of drug-likeness (QED) is 0.774. The van der Waals surface area contributed by atoms with Crippen LogP contribution in [-0.2, 0) is 6.54 Å². The molecule has 0 aliphatic carbocycles. The topological polar surface area (TPSA) is 52.8 Å². The Balaban J connectivity index is 2.30. The molecular formula is C13H22N4OS. The third-order valence-corrected chi connectivity index (χ3v) is 3.91. The first-order valence-electron chi connectivity index (χ1n) is 6.82. The second kappa shape index (κ2) is 6.88. The molecule has 6 heteroatoms. The number of fused-ring (bicyclic) bond motifs is 1. The number of anilines is 1. The summed E-state index contributed by atoms with van der Waals surface area (Å²) in [4.78, 5) is 8.01. The van der Waals surface area contributed by atoms with Gasteiger partial charge in [-0.2, -0.15) is 0 Å². The normalized spacial score (nSPS) is 11.3. The van der Waals surface area contributed by atoms with Crippen molar-refractivity contribution in [2.24, 2.45) is 0 Å². The highest BCUT2D eigenvalue weighted by Gasteiger charge is 2.17. The molecule has 5 nitrogen and oxygen atoms in total.